The highest BCUT2D eigenvalue weighted by molar-refractivity contribution is 6.36. The van der Waals surface area contributed by atoms with Crippen molar-refractivity contribution >= 4 is 45.3 Å². The highest BCUT2D eigenvalue weighted by Crippen LogP contribution is 2.32. The van der Waals surface area contributed by atoms with Crippen LogP contribution in [0, 0.1) is 11.3 Å². The number of hydrogen-bond donors (Lipinski definition) is 1. The van der Waals surface area contributed by atoms with Crippen LogP contribution in [0.3, 0.4) is 0 Å². The molecule has 0 atom stereocenters. The Bertz CT molecular complexity index is 866. The van der Waals surface area contributed by atoms with E-state index in [1.807, 2.05) is 36.4 Å². The summed E-state index contributed by atoms with van der Waals surface area (Å²) in [6.07, 6.45) is 0. The van der Waals surface area contributed by atoms with E-state index in [4.69, 9.17) is 23.2 Å². The van der Waals surface area contributed by atoms with Crippen LogP contribution < -0.4 is 5.32 Å². The van der Waals surface area contributed by atoms with Crippen LogP contribution in [-0.2, 0) is 0 Å². The van der Waals surface area contributed by atoms with E-state index in [9.17, 15) is 5.26 Å². The van der Waals surface area contributed by atoms with Gasteiger partial charge < -0.3 is 5.32 Å². The summed E-state index contributed by atoms with van der Waals surface area (Å²) in [6.45, 7) is 0. The van der Waals surface area contributed by atoms with Crippen molar-refractivity contribution in [3.05, 3.63) is 70.2 Å². The fourth-order valence-electron chi connectivity index (χ4n) is 2.24. The van der Waals surface area contributed by atoms with Crippen LogP contribution in [0.4, 0.5) is 11.4 Å². The number of nitrogens with one attached hydrogen (secondary N) is 1. The molecule has 1 N–H and O–H groups in total. The molecule has 0 aliphatic rings. The number of benzene rings is 3. The molecule has 0 radical (unpaired) electrons. The normalized spacial score (nSPS) is 10.3. The number of hydrogen-bond acceptors (Lipinski definition) is 2. The number of nitriles is 1. The van der Waals surface area contributed by atoms with Gasteiger partial charge in [0, 0.05) is 21.5 Å². The number of rotatable bonds is 2. The quantitative estimate of drug-likeness (QED) is 0.652. The van der Waals surface area contributed by atoms with Gasteiger partial charge in [0.1, 0.15) is 0 Å². The monoisotopic (exact) mass is 312 g/mol. The lowest BCUT2D eigenvalue weighted by molar-refractivity contribution is 1.50. The maximum atomic E-state index is 9.18. The van der Waals surface area contributed by atoms with Crippen molar-refractivity contribution in [2.45, 2.75) is 0 Å². The molecule has 2 nitrogen and oxygen atoms in total. The van der Waals surface area contributed by atoms with Crippen LogP contribution in [0.15, 0.2) is 54.6 Å². The summed E-state index contributed by atoms with van der Waals surface area (Å²) in [5.74, 6) is 0. The Morgan fingerprint density at radius 1 is 0.857 bits per heavy atom. The molecule has 0 saturated heterocycles. The van der Waals surface area contributed by atoms with Gasteiger partial charge in [0.05, 0.1) is 22.3 Å². The molecule has 3 aromatic rings. The average molecular weight is 313 g/mol. The third-order valence-electron chi connectivity index (χ3n) is 3.24. The van der Waals surface area contributed by atoms with E-state index >= 15 is 0 Å². The van der Waals surface area contributed by atoms with Crippen molar-refractivity contribution in [3.8, 4) is 6.07 Å². The summed E-state index contributed by atoms with van der Waals surface area (Å²) in [6, 6.07) is 19.0. The molecule has 3 aromatic carbocycles. The molecule has 3 rings (SSSR count). The third kappa shape index (κ3) is 2.67. The minimum Gasteiger partial charge on any atom is -0.354 e. The van der Waals surface area contributed by atoms with Crippen molar-refractivity contribution in [1.82, 2.24) is 0 Å². The second kappa shape index (κ2) is 5.65. The molecular weight excluding hydrogens is 303 g/mol. The average Bonchev–Trinajstić information content (AvgIpc) is 2.50. The molecule has 102 valence electrons. The Morgan fingerprint density at radius 2 is 1.57 bits per heavy atom. The van der Waals surface area contributed by atoms with Gasteiger partial charge in [-0.15, -0.1) is 0 Å². The summed E-state index contributed by atoms with van der Waals surface area (Å²) in [5.41, 5.74) is 2.32. The molecule has 0 heterocycles. The van der Waals surface area contributed by atoms with Gasteiger partial charge in [0.2, 0.25) is 0 Å². The van der Waals surface area contributed by atoms with Gasteiger partial charge in [0.25, 0.3) is 0 Å². The zero-order chi connectivity index (χ0) is 14.8. The lowest BCUT2D eigenvalue weighted by atomic mass is 10.0. The smallest absolute Gasteiger partial charge is 0.0998 e. The molecule has 0 fully saturated rings. The number of nitrogens with zero attached hydrogens (tertiary/aromatic N) is 1. The molecule has 0 spiro atoms. The Morgan fingerprint density at radius 3 is 2.29 bits per heavy atom. The van der Waals surface area contributed by atoms with Crippen molar-refractivity contribution in [1.29, 1.82) is 5.26 Å². The fourth-order valence-corrected chi connectivity index (χ4v) is 2.70. The molecule has 0 aromatic heterocycles. The zero-order valence-corrected chi connectivity index (χ0v) is 12.4. The molecule has 21 heavy (non-hydrogen) atoms. The van der Waals surface area contributed by atoms with E-state index in [-0.39, 0.29) is 0 Å². The van der Waals surface area contributed by atoms with Crippen molar-refractivity contribution in [3.63, 3.8) is 0 Å². The minimum absolute atomic E-state index is 0.552. The first-order valence-corrected chi connectivity index (χ1v) is 7.08. The first-order valence-electron chi connectivity index (χ1n) is 6.33. The molecule has 0 saturated carbocycles. The fraction of sp³-hybridized carbons (Fsp3) is 0. The van der Waals surface area contributed by atoms with E-state index in [2.05, 4.69) is 11.4 Å². The van der Waals surface area contributed by atoms with Crippen LogP contribution in [-0.4, -0.2) is 0 Å². The van der Waals surface area contributed by atoms with E-state index in [0.717, 1.165) is 22.1 Å². The maximum absolute atomic E-state index is 9.18. The Hall–Kier alpha value is -2.21. The Balaban J connectivity index is 2.12. The second-order valence-corrected chi connectivity index (χ2v) is 5.41. The molecule has 0 unspecified atom stereocenters. The topological polar surface area (TPSA) is 35.8 Å². The second-order valence-electron chi connectivity index (χ2n) is 4.57. The van der Waals surface area contributed by atoms with Crippen LogP contribution in [0.1, 0.15) is 5.56 Å². The highest BCUT2D eigenvalue weighted by atomic mass is 35.5. The van der Waals surface area contributed by atoms with Crippen LogP contribution >= 0.6 is 23.2 Å². The predicted molar refractivity (Wildman–Crippen MR) is 88.4 cm³/mol. The number of anilines is 2. The lowest BCUT2D eigenvalue weighted by Gasteiger charge is -2.12. The van der Waals surface area contributed by atoms with Crippen molar-refractivity contribution in [2.75, 3.05) is 5.32 Å². The van der Waals surface area contributed by atoms with Gasteiger partial charge in [-0.05, 0) is 30.3 Å². The molecular formula is C17H10Cl2N2. The first-order chi connectivity index (χ1) is 10.2. The highest BCUT2D eigenvalue weighted by Gasteiger charge is 2.07. The van der Waals surface area contributed by atoms with Gasteiger partial charge in [-0.2, -0.15) is 5.26 Å². The van der Waals surface area contributed by atoms with Gasteiger partial charge in [0.15, 0.2) is 0 Å². The third-order valence-corrected chi connectivity index (χ3v) is 3.79. The molecule has 4 heteroatoms. The summed E-state index contributed by atoms with van der Waals surface area (Å²) in [7, 11) is 0. The van der Waals surface area contributed by atoms with Crippen LogP contribution in [0.25, 0.3) is 10.8 Å². The number of fused-ring (bicyclic) bond motifs is 1. The molecule has 0 amide bonds. The summed E-state index contributed by atoms with van der Waals surface area (Å²) < 4.78 is 0. The molecule has 0 bridgehead atoms. The van der Waals surface area contributed by atoms with Gasteiger partial charge >= 0.3 is 0 Å². The van der Waals surface area contributed by atoms with Crippen molar-refractivity contribution < 1.29 is 0 Å². The van der Waals surface area contributed by atoms with E-state index < -0.39 is 0 Å². The summed E-state index contributed by atoms with van der Waals surface area (Å²) >= 11 is 12.1. The SMILES string of the molecule is N#Cc1ccc(Nc2ccc(Cl)cc2Cl)c2ccccc12. The van der Waals surface area contributed by atoms with E-state index in [1.54, 1.807) is 18.2 Å². The largest absolute Gasteiger partial charge is 0.354 e. The Kier molecular flexibility index (Phi) is 3.70. The zero-order valence-electron chi connectivity index (χ0n) is 10.9. The van der Waals surface area contributed by atoms with Gasteiger partial charge in [-0.25, -0.2) is 0 Å². The molecule has 0 aliphatic carbocycles. The van der Waals surface area contributed by atoms with Crippen LogP contribution in [0.2, 0.25) is 10.0 Å². The standard InChI is InChI=1S/C17H10Cl2N2/c18-12-6-8-17(15(19)9-12)21-16-7-5-11(10-20)13-3-1-2-4-14(13)16/h1-9,21H. The molecule has 0 aliphatic heterocycles. The van der Waals surface area contributed by atoms with E-state index in [0.29, 0.717) is 15.6 Å². The predicted octanol–water partition coefficient (Wildman–Crippen LogP) is 5.76. The van der Waals surface area contributed by atoms with Gasteiger partial charge in [-0.1, -0.05) is 47.5 Å². The van der Waals surface area contributed by atoms with Crippen molar-refractivity contribution in [2.24, 2.45) is 0 Å². The van der Waals surface area contributed by atoms with E-state index in [1.165, 1.54) is 0 Å². The Labute approximate surface area is 132 Å². The minimum atomic E-state index is 0.552. The summed E-state index contributed by atoms with van der Waals surface area (Å²) in [5, 5.41) is 15.5. The summed E-state index contributed by atoms with van der Waals surface area (Å²) in [4.78, 5) is 0. The lowest BCUT2D eigenvalue weighted by Crippen LogP contribution is -1.93. The first kappa shape index (κ1) is 13.8. The number of halogens is 2. The van der Waals surface area contributed by atoms with Crippen LogP contribution in [0.5, 0.6) is 0 Å². The van der Waals surface area contributed by atoms with Gasteiger partial charge in [-0.3, -0.25) is 0 Å². The maximum Gasteiger partial charge on any atom is 0.0998 e.